The van der Waals surface area contributed by atoms with E-state index in [0.717, 1.165) is 25.7 Å². The van der Waals surface area contributed by atoms with E-state index in [0.29, 0.717) is 6.54 Å². The minimum Gasteiger partial charge on any atom is -0.760 e. The summed E-state index contributed by atoms with van der Waals surface area (Å²) in [6, 6.07) is 8.51. The van der Waals surface area contributed by atoms with Crippen LogP contribution in [0.1, 0.15) is 30.4 Å². The molecule has 1 aromatic rings. The molecule has 1 aromatic carbocycles. The molecule has 0 spiro atoms. The Kier molecular flexibility index (Phi) is 6.30. The molecule has 0 aliphatic heterocycles. The van der Waals surface area contributed by atoms with E-state index in [4.69, 9.17) is 0 Å². The minimum atomic E-state index is -2.11. The van der Waals surface area contributed by atoms with E-state index in [-0.39, 0.29) is 0 Å². The zero-order valence-electron chi connectivity index (χ0n) is 9.57. The predicted octanol–water partition coefficient (Wildman–Crippen LogP) is 2.09. The van der Waals surface area contributed by atoms with Gasteiger partial charge in [-0.25, -0.2) is 4.72 Å². The normalized spacial score (nSPS) is 12.6. The highest BCUT2D eigenvalue weighted by Crippen LogP contribution is 2.08. The van der Waals surface area contributed by atoms with Crippen LogP contribution in [0.15, 0.2) is 24.3 Å². The van der Waals surface area contributed by atoms with Crippen molar-refractivity contribution in [1.82, 2.24) is 4.72 Å². The molecule has 90 valence electrons. The second-order valence-corrected chi connectivity index (χ2v) is 4.69. The van der Waals surface area contributed by atoms with Crippen molar-refractivity contribution in [3.63, 3.8) is 0 Å². The van der Waals surface area contributed by atoms with Gasteiger partial charge in [-0.2, -0.15) is 0 Å². The van der Waals surface area contributed by atoms with Crippen molar-refractivity contribution in [1.29, 1.82) is 0 Å². The maximum absolute atomic E-state index is 10.2. The summed E-state index contributed by atoms with van der Waals surface area (Å²) >= 11 is -2.11. The zero-order chi connectivity index (χ0) is 11.8. The molecular weight excluding hydrogens is 222 g/mol. The van der Waals surface area contributed by atoms with Crippen LogP contribution in [0.2, 0.25) is 0 Å². The van der Waals surface area contributed by atoms with E-state index in [1.54, 1.807) is 0 Å². The third-order valence-electron chi connectivity index (χ3n) is 2.44. The number of aryl methyl sites for hydroxylation is 2. The molecule has 1 N–H and O–H groups in total. The monoisotopic (exact) mass is 240 g/mol. The molecule has 0 fully saturated rings. The fourth-order valence-electron chi connectivity index (χ4n) is 1.65. The van der Waals surface area contributed by atoms with Gasteiger partial charge in [-0.15, -0.1) is 0 Å². The Bertz CT molecular complexity index is 342. The Morgan fingerprint density at radius 1 is 1.31 bits per heavy atom. The second kappa shape index (κ2) is 7.54. The summed E-state index contributed by atoms with van der Waals surface area (Å²) in [5.41, 5.74) is 2.65. The van der Waals surface area contributed by atoms with Crippen LogP contribution in [0.3, 0.4) is 0 Å². The minimum absolute atomic E-state index is 0.546. The first-order valence-electron chi connectivity index (χ1n) is 5.57. The van der Waals surface area contributed by atoms with Crippen molar-refractivity contribution >= 4 is 11.3 Å². The second-order valence-electron chi connectivity index (χ2n) is 3.93. The molecular formula is C12H18NO2S-. The standard InChI is InChI=1S/C12H19NO2S/c1-11-6-5-8-12(10-11)7-3-2-4-9-13-16(14)15/h5-6,8,10,13H,2-4,7,9H2,1H3,(H,14,15)/p-1. The maximum Gasteiger partial charge on any atom is 0.0181 e. The summed E-state index contributed by atoms with van der Waals surface area (Å²) in [6.07, 6.45) is 4.14. The van der Waals surface area contributed by atoms with E-state index in [1.165, 1.54) is 11.1 Å². The fourth-order valence-corrected chi connectivity index (χ4v) is 1.97. The molecule has 0 saturated carbocycles. The van der Waals surface area contributed by atoms with Crippen molar-refractivity contribution in [3.8, 4) is 0 Å². The third-order valence-corrected chi connectivity index (χ3v) is 2.88. The van der Waals surface area contributed by atoms with Gasteiger partial charge in [0.1, 0.15) is 0 Å². The fraction of sp³-hybridized carbons (Fsp3) is 0.500. The van der Waals surface area contributed by atoms with E-state index >= 15 is 0 Å². The molecule has 3 nitrogen and oxygen atoms in total. The first-order valence-corrected chi connectivity index (χ1v) is 6.64. The molecule has 0 aromatic heterocycles. The number of hydrogen-bond donors (Lipinski definition) is 1. The molecule has 1 rings (SSSR count). The molecule has 0 aliphatic rings. The quantitative estimate of drug-likeness (QED) is 0.586. The van der Waals surface area contributed by atoms with Crippen LogP contribution in [0, 0.1) is 6.92 Å². The summed E-state index contributed by atoms with van der Waals surface area (Å²) < 4.78 is 22.7. The van der Waals surface area contributed by atoms with Crippen LogP contribution in [0.4, 0.5) is 0 Å². The molecule has 0 aliphatic carbocycles. The largest absolute Gasteiger partial charge is 0.760 e. The van der Waals surface area contributed by atoms with E-state index in [1.807, 2.05) is 0 Å². The maximum atomic E-state index is 10.2. The van der Waals surface area contributed by atoms with Crippen LogP contribution in [-0.4, -0.2) is 15.3 Å². The molecule has 4 heteroatoms. The first kappa shape index (κ1) is 13.4. The Balaban J connectivity index is 2.09. The Morgan fingerprint density at radius 2 is 2.12 bits per heavy atom. The number of benzene rings is 1. The molecule has 1 atom stereocenters. The number of hydrogen-bond acceptors (Lipinski definition) is 2. The Hall–Kier alpha value is -0.710. The highest BCUT2D eigenvalue weighted by Gasteiger charge is 1.94. The summed E-state index contributed by atoms with van der Waals surface area (Å²) in [5.74, 6) is 0. The lowest BCUT2D eigenvalue weighted by Crippen LogP contribution is -2.17. The van der Waals surface area contributed by atoms with Crippen LogP contribution in [-0.2, 0) is 17.7 Å². The molecule has 0 radical (unpaired) electrons. The average molecular weight is 240 g/mol. The van der Waals surface area contributed by atoms with Gasteiger partial charge >= 0.3 is 0 Å². The SMILES string of the molecule is Cc1cccc(CCCCCNS(=O)[O-])c1. The first-order chi connectivity index (χ1) is 7.68. The van der Waals surface area contributed by atoms with Gasteiger partial charge in [0.05, 0.1) is 0 Å². The van der Waals surface area contributed by atoms with E-state index in [2.05, 4.69) is 35.9 Å². The Labute approximate surface area is 99.7 Å². The van der Waals surface area contributed by atoms with Crippen LogP contribution in [0.5, 0.6) is 0 Å². The predicted molar refractivity (Wildman–Crippen MR) is 65.7 cm³/mol. The number of nitrogens with one attached hydrogen (secondary N) is 1. The van der Waals surface area contributed by atoms with Crippen LogP contribution < -0.4 is 4.72 Å². The van der Waals surface area contributed by atoms with Gasteiger partial charge in [-0.1, -0.05) is 36.2 Å². The van der Waals surface area contributed by atoms with E-state index < -0.39 is 11.3 Å². The molecule has 0 saturated heterocycles. The topological polar surface area (TPSA) is 52.2 Å². The lowest BCUT2D eigenvalue weighted by Gasteiger charge is -2.06. The van der Waals surface area contributed by atoms with Gasteiger partial charge in [0, 0.05) is 17.8 Å². The van der Waals surface area contributed by atoms with Crippen LogP contribution in [0.25, 0.3) is 0 Å². The van der Waals surface area contributed by atoms with Crippen molar-refractivity contribution in [3.05, 3.63) is 35.4 Å². The van der Waals surface area contributed by atoms with Crippen molar-refractivity contribution in [2.75, 3.05) is 6.54 Å². The lowest BCUT2D eigenvalue weighted by atomic mass is 10.1. The smallest absolute Gasteiger partial charge is 0.0181 e. The highest BCUT2D eigenvalue weighted by atomic mass is 32.2. The van der Waals surface area contributed by atoms with Gasteiger partial charge in [0.25, 0.3) is 0 Å². The molecule has 1 unspecified atom stereocenters. The lowest BCUT2D eigenvalue weighted by molar-refractivity contribution is 0.519. The van der Waals surface area contributed by atoms with Gasteiger partial charge in [0.15, 0.2) is 0 Å². The molecule has 0 heterocycles. The van der Waals surface area contributed by atoms with Gasteiger partial charge in [-0.05, 0) is 31.7 Å². The summed E-state index contributed by atoms with van der Waals surface area (Å²) in [7, 11) is 0. The summed E-state index contributed by atoms with van der Waals surface area (Å²) in [4.78, 5) is 0. The summed E-state index contributed by atoms with van der Waals surface area (Å²) in [5, 5.41) is 0. The number of unbranched alkanes of at least 4 members (excludes halogenated alkanes) is 2. The Morgan fingerprint density at radius 3 is 2.81 bits per heavy atom. The van der Waals surface area contributed by atoms with Crippen molar-refractivity contribution in [2.45, 2.75) is 32.6 Å². The van der Waals surface area contributed by atoms with Gasteiger partial charge < -0.3 is 4.55 Å². The van der Waals surface area contributed by atoms with E-state index in [9.17, 15) is 8.76 Å². The molecule has 16 heavy (non-hydrogen) atoms. The summed E-state index contributed by atoms with van der Waals surface area (Å²) in [6.45, 7) is 2.64. The van der Waals surface area contributed by atoms with Gasteiger partial charge in [-0.3, -0.25) is 4.21 Å². The molecule has 0 amide bonds. The average Bonchev–Trinajstić information content (AvgIpc) is 2.23. The molecule has 0 bridgehead atoms. The van der Waals surface area contributed by atoms with Crippen molar-refractivity contribution in [2.24, 2.45) is 0 Å². The third kappa shape index (κ3) is 6.00. The van der Waals surface area contributed by atoms with Crippen molar-refractivity contribution < 1.29 is 8.76 Å². The van der Waals surface area contributed by atoms with Gasteiger partial charge in [0.2, 0.25) is 0 Å². The highest BCUT2D eigenvalue weighted by molar-refractivity contribution is 7.77. The number of rotatable bonds is 7. The zero-order valence-corrected chi connectivity index (χ0v) is 10.4. The van der Waals surface area contributed by atoms with Crippen LogP contribution >= 0.6 is 0 Å².